The fourth-order valence-corrected chi connectivity index (χ4v) is 3.75. The number of hydrogen-bond acceptors (Lipinski definition) is 4. The summed E-state index contributed by atoms with van der Waals surface area (Å²) in [5.41, 5.74) is -0.135. The van der Waals surface area contributed by atoms with Crippen molar-refractivity contribution in [2.24, 2.45) is 0 Å². The molecule has 9 heteroatoms. The zero-order valence-corrected chi connectivity index (χ0v) is 19.2. The Hall–Kier alpha value is -3.78. The standard InChI is InChI=1S/C26H19ClF3NO4/c1-2-15-5-3-4-6-20(15)31-22(32)14-34-18-11-12-19-21(13-18)35-25(26(28,29)30)23(24(19)33)16-7-9-17(27)10-8-16/h3-13H,2,14H2,1H3,(H,31,32). The molecule has 1 aromatic heterocycles. The SMILES string of the molecule is CCc1ccccc1NC(=O)COc1ccc2c(=O)c(-c3ccc(Cl)cc3)c(C(F)(F)F)oc2c1. The molecule has 0 aliphatic rings. The van der Waals surface area contributed by atoms with Gasteiger partial charge in [-0.05, 0) is 47.9 Å². The molecule has 35 heavy (non-hydrogen) atoms. The molecule has 3 aromatic carbocycles. The van der Waals surface area contributed by atoms with Crippen molar-refractivity contribution in [3.05, 3.63) is 93.3 Å². The number of carbonyl (C=O) groups is 1. The van der Waals surface area contributed by atoms with E-state index >= 15 is 0 Å². The fraction of sp³-hybridized carbons (Fsp3) is 0.154. The van der Waals surface area contributed by atoms with Crippen molar-refractivity contribution < 1.29 is 27.1 Å². The Morgan fingerprint density at radius 2 is 1.77 bits per heavy atom. The van der Waals surface area contributed by atoms with Gasteiger partial charge >= 0.3 is 6.18 Å². The largest absolute Gasteiger partial charge is 0.484 e. The first-order chi connectivity index (χ1) is 16.7. The van der Waals surface area contributed by atoms with Crippen molar-refractivity contribution in [1.29, 1.82) is 0 Å². The summed E-state index contributed by atoms with van der Waals surface area (Å²) in [6, 6.07) is 16.6. The van der Waals surface area contributed by atoms with Gasteiger partial charge in [-0.15, -0.1) is 0 Å². The summed E-state index contributed by atoms with van der Waals surface area (Å²) >= 11 is 5.83. The number of halogens is 4. The molecule has 4 aromatic rings. The van der Waals surface area contributed by atoms with Gasteiger partial charge < -0.3 is 14.5 Å². The molecular weight excluding hydrogens is 483 g/mol. The summed E-state index contributed by atoms with van der Waals surface area (Å²) in [6.45, 7) is 1.57. The third-order valence-electron chi connectivity index (χ3n) is 5.30. The zero-order chi connectivity index (χ0) is 25.2. The number of benzene rings is 3. The number of ether oxygens (including phenoxy) is 1. The number of aryl methyl sites for hydroxylation is 1. The lowest BCUT2D eigenvalue weighted by atomic mass is 10.0. The Bertz CT molecular complexity index is 1450. The third kappa shape index (κ3) is 5.33. The minimum Gasteiger partial charge on any atom is -0.484 e. The lowest BCUT2D eigenvalue weighted by molar-refractivity contribution is -0.152. The van der Waals surface area contributed by atoms with Gasteiger partial charge in [-0.25, -0.2) is 0 Å². The second-order valence-corrected chi connectivity index (χ2v) is 8.08. The molecule has 0 fully saturated rings. The van der Waals surface area contributed by atoms with E-state index in [1.54, 1.807) is 12.1 Å². The van der Waals surface area contributed by atoms with Crippen LogP contribution in [0.4, 0.5) is 18.9 Å². The minimum atomic E-state index is -4.92. The van der Waals surface area contributed by atoms with Crippen LogP contribution in [0.5, 0.6) is 5.75 Å². The van der Waals surface area contributed by atoms with Gasteiger partial charge in [0.15, 0.2) is 6.61 Å². The van der Waals surface area contributed by atoms with Gasteiger partial charge in [-0.1, -0.05) is 48.9 Å². The number of fused-ring (bicyclic) bond motifs is 1. The monoisotopic (exact) mass is 501 g/mol. The van der Waals surface area contributed by atoms with E-state index in [9.17, 15) is 22.8 Å². The van der Waals surface area contributed by atoms with E-state index in [1.165, 1.54) is 36.4 Å². The van der Waals surface area contributed by atoms with Crippen LogP contribution >= 0.6 is 11.6 Å². The second-order valence-electron chi connectivity index (χ2n) is 7.65. The summed E-state index contributed by atoms with van der Waals surface area (Å²) in [7, 11) is 0. The lowest BCUT2D eigenvalue weighted by Crippen LogP contribution is -2.21. The predicted molar refractivity (Wildman–Crippen MR) is 128 cm³/mol. The highest BCUT2D eigenvalue weighted by Gasteiger charge is 2.39. The molecule has 1 amide bonds. The molecule has 0 atom stereocenters. The van der Waals surface area contributed by atoms with E-state index in [-0.39, 0.29) is 28.9 Å². The van der Waals surface area contributed by atoms with Crippen LogP contribution < -0.4 is 15.5 Å². The Labute approximate surface area is 203 Å². The summed E-state index contributed by atoms with van der Waals surface area (Å²) < 4.78 is 52.0. The molecule has 0 saturated carbocycles. The Kier molecular flexibility index (Phi) is 6.84. The first kappa shape index (κ1) is 24.3. The van der Waals surface area contributed by atoms with E-state index in [4.69, 9.17) is 20.8 Å². The maximum absolute atomic E-state index is 13.8. The van der Waals surface area contributed by atoms with Gasteiger partial charge in [0.2, 0.25) is 11.2 Å². The topological polar surface area (TPSA) is 68.5 Å². The number of rotatable bonds is 6. The van der Waals surface area contributed by atoms with Crippen molar-refractivity contribution in [2.75, 3.05) is 11.9 Å². The average Bonchev–Trinajstić information content (AvgIpc) is 2.83. The minimum absolute atomic E-state index is 0.0294. The van der Waals surface area contributed by atoms with Crippen LogP contribution in [0, 0.1) is 0 Å². The number of hydrogen-bond donors (Lipinski definition) is 1. The van der Waals surface area contributed by atoms with Crippen LogP contribution in [0.15, 0.2) is 75.9 Å². The predicted octanol–water partition coefficient (Wildman–Crippen LogP) is 6.71. The summed E-state index contributed by atoms with van der Waals surface area (Å²) in [6.07, 6.45) is -4.20. The molecule has 180 valence electrons. The van der Waals surface area contributed by atoms with Crippen molar-refractivity contribution in [3.63, 3.8) is 0 Å². The first-order valence-electron chi connectivity index (χ1n) is 10.6. The number of anilines is 1. The van der Waals surface area contributed by atoms with Crippen LogP contribution in [0.3, 0.4) is 0 Å². The van der Waals surface area contributed by atoms with Crippen molar-refractivity contribution in [2.45, 2.75) is 19.5 Å². The van der Waals surface area contributed by atoms with Crippen LogP contribution in [-0.2, 0) is 17.4 Å². The van der Waals surface area contributed by atoms with E-state index in [1.807, 2.05) is 19.1 Å². The van der Waals surface area contributed by atoms with Gasteiger partial charge in [0, 0.05) is 16.8 Å². The molecule has 0 aliphatic carbocycles. The number of para-hydroxylation sites is 1. The molecule has 1 heterocycles. The molecule has 0 radical (unpaired) electrons. The quantitative estimate of drug-likeness (QED) is 0.319. The number of alkyl halides is 3. The number of carbonyl (C=O) groups excluding carboxylic acids is 1. The highest BCUT2D eigenvalue weighted by Crippen LogP contribution is 2.38. The van der Waals surface area contributed by atoms with E-state index < -0.39 is 28.8 Å². The molecule has 1 N–H and O–H groups in total. The molecule has 0 aliphatic heterocycles. The second kappa shape index (κ2) is 9.84. The highest BCUT2D eigenvalue weighted by atomic mass is 35.5. The third-order valence-corrected chi connectivity index (χ3v) is 5.55. The van der Waals surface area contributed by atoms with Crippen molar-refractivity contribution in [1.82, 2.24) is 0 Å². The van der Waals surface area contributed by atoms with Gasteiger partial charge in [-0.2, -0.15) is 13.2 Å². The summed E-state index contributed by atoms with van der Waals surface area (Å²) in [4.78, 5) is 25.3. The maximum atomic E-state index is 13.8. The fourth-order valence-electron chi connectivity index (χ4n) is 3.63. The molecule has 0 bridgehead atoms. The van der Waals surface area contributed by atoms with Gasteiger partial charge in [0.25, 0.3) is 5.91 Å². The lowest BCUT2D eigenvalue weighted by Gasteiger charge is -2.14. The Balaban J connectivity index is 1.64. The average molecular weight is 502 g/mol. The molecule has 4 rings (SSSR count). The van der Waals surface area contributed by atoms with Crippen LogP contribution in [0.1, 0.15) is 18.2 Å². The van der Waals surface area contributed by atoms with E-state index in [0.29, 0.717) is 10.7 Å². The summed E-state index contributed by atoms with van der Waals surface area (Å²) in [5.74, 6) is -1.79. The van der Waals surface area contributed by atoms with E-state index in [0.717, 1.165) is 18.1 Å². The first-order valence-corrected chi connectivity index (χ1v) is 11.0. The van der Waals surface area contributed by atoms with Crippen LogP contribution in [0.2, 0.25) is 5.02 Å². The van der Waals surface area contributed by atoms with Gasteiger partial charge in [0.05, 0.1) is 10.9 Å². The highest BCUT2D eigenvalue weighted by molar-refractivity contribution is 6.30. The molecule has 5 nitrogen and oxygen atoms in total. The van der Waals surface area contributed by atoms with Gasteiger partial charge in [0.1, 0.15) is 11.3 Å². The molecule has 0 unspecified atom stereocenters. The molecule has 0 saturated heterocycles. The van der Waals surface area contributed by atoms with Gasteiger partial charge in [-0.3, -0.25) is 9.59 Å². The Morgan fingerprint density at radius 1 is 1.06 bits per heavy atom. The number of nitrogens with one attached hydrogen (secondary N) is 1. The molecule has 0 spiro atoms. The Morgan fingerprint density at radius 3 is 2.46 bits per heavy atom. The van der Waals surface area contributed by atoms with E-state index in [2.05, 4.69) is 5.32 Å². The smallest absolute Gasteiger partial charge is 0.450 e. The normalized spacial score (nSPS) is 11.5. The number of amides is 1. The van der Waals surface area contributed by atoms with Crippen molar-refractivity contribution in [3.8, 4) is 16.9 Å². The van der Waals surface area contributed by atoms with Crippen LogP contribution in [-0.4, -0.2) is 12.5 Å². The van der Waals surface area contributed by atoms with Crippen LogP contribution in [0.25, 0.3) is 22.1 Å². The van der Waals surface area contributed by atoms with Crippen molar-refractivity contribution >= 4 is 34.2 Å². The summed E-state index contributed by atoms with van der Waals surface area (Å²) in [5, 5.41) is 3.00. The maximum Gasteiger partial charge on any atom is 0.450 e. The molecular formula is C26H19ClF3NO4. The zero-order valence-electron chi connectivity index (χ0n) is 18.4.